The highest BCUT2D eigenvalue weighted by Crippen LogP contribution is 2.22. The van der Waals surface area contributed by atoms with E-state index in [9.17, 15) is 0 Å². The lowest BCUT2D eigenvalue weighted by molar-refractivity contribution is 0.373. The van der Waals surface area contributed by atoms with Gasteiger partial charge in [-0.05, 0) is 31.4 Å². The molecule has 0 atom stereocenters. The molecular weight excluding hydrogens is 465 g/mol. The molecule has 3 heterocycles. The van der Waals surface area contributed by atoms with E-state index in [-0.39, 0.29) is 24.0 Å². The number of halogens is 1. The van der Waals surface area contributed by atoms with Gasteiger partial charge < -0.3 is 15.1 Å². The van der Waals surface area contributed by atoms with E-state index >= 15 is 0 Å². The predicted octanol–water partition coefficient (Wildman–Crippen LogP) is 3.46. The maximum absolute atomic E-state index is 4.81. The van der Waals surface area contributed by atoms with Gasteiger partial charge in [0.15, 0.2) is 5.96 Å². The molecule has 2 aromatic heterocycles. The minimum atomic E-state index is 0. The Morgan fingerprint density at radius 1 is 1.28 bits per heavy atom. The van der Waals surface area contributed by atoms with Gasteiger partial charge in [-0.25, -0.2) is 4.98 Å². The molecule has 2 aromatic rings. The van der Waals surface area contributed by atoms with Crippen LogP contribution in [0.1, 0.15) is 17.6 Å². The number of thiazole rings is 1. The molecule has 5 nitrogen and oxygen atoms in total. The van der Waals surface area contributed by atoms with Gasteiger partial charge in [0.1, 0.15) is 0 Å². The zero-order valence-electron chi connectivity index (χ0n) is 14.8. The Balaban J connectivity index is 0.00000225. The summed E-state index contributed by atoms with van der Waals surface area (Å²) in [6, 6.07) is 4.33. The zero-order chi connectivity index (χ0) is 16.8. The number of aliphatic imine (C=N–C) groups is 1. The number of guanidine groups is 1. The van der Waals surface area contributed by atoms with Crippen molar-refractivity contribution in [3.05, 3.63) is 33.6 Å². The van der Waals surface area contributed by atoms with Crippen molar-refractivity contribution < 1.29 is 0 Å². The fourth-order valence-electron chi connectivity index (χ4n) is 2.81. The Hall–Kier alpha value is -0.870. The largest absolute Gasteiger partial charge is 0.360 e. The van der Waals surface area contributed by atoms with Crippen LogP contribution in [0.15, 0.2) is 27.9 Å². The van der Waals surface area contributed by atoms with E-state index < -0.39 is 0 Å². The van der Waals surface area contributed by atoms with E-state index in [1.807, 2.05) is 11.3 Å². The van der Waals surface area contributed by atoms with Crippen molar-refractivity contribution in [3.63, 3.8) is 0 Å². The number of thiophene rings is 1. The van der Waals surface area contributed by atoms with E-state index in [4.69, 9.17) is 4.99 Å². The lowest BCUT2D eigenvalue weighted by Crippen LogP contribution is -2.52. The number of nitrogens with one attached hydrogen (secondary N) is 1. The minimum Gasteiger partial charge on any atom is -0.360 e. The van der Waals surface area contributed by atoms with Gasteiger partial charge in [-0.3, -0.25) is 4.99 Å². The molecule has 0 aromatic carbocycles. The normalized spacial score (nSPS) is 15.2. The lowest BCUT2D eigenvalue weighted by Gasteiger charge is -2.37. The molecule has 0 spiro atoms. The van der Waals surface area contributed by atoms with Crippen molar-refractivity contribution in [1.82, 2.24) is 15.2 Å². The Labute approximate surface area is 175 Å². The van der Waals surface area contributed by atoms with E-state index in [1.165, 1.54) is 5.00 Å². The first-order valence-electron chi connectivity index (χ1n) is 8.49. The second-order valence-corrected chi connectivity index (χ2v) is 7.76. The van der Waals surface area contributed by atoms with Crippen LogP contribution in [-0.4, -0.2) is 55.1 Å². The first-order valence-corrected chi connectivity index (χ1v) is 10.2. The number of nitrogens with zero attached hydrogens (tertiary/aromatic N) is 4. The molecule has 1 saturated heterocycles. The summed E-state index contributed by atoms with van der Waals surface area (Å²) in [5, 5.41) is 10.2. The quantitative estimate of drug-likeness (QED) is 0.396. The van der Waals surface area contributed by atoms with Crippen LogP contribution in [0.2, 0.25) is 0 Å². The van der Waals surface area contributed by atoms with Crippen LogP contribution in [-0.2, 0) is 6.42 Å². The molecule has 0 unspecified atom stereocenters. The Kier molecular flexibility index (Phi) is 8.44. The molecule has 0 radical (unpaired) electrons. The summed E-state index contributed by atoms with van der Waals surface area (Å²) in [5.74, 6) is 1.04. The van der Waals surface area contributed by atoms with Gasteiger partial charge in [-0.2, -0.15) is 0 Å². The van der Waals surface area contributed by atoms with Gasteiger partial charge in [0.25, 0.3) is 0 Å². The Morgan fingerprint density at radius 2 is 2.08 bits per heavy atom. The highest BCUT2D eigenvalue weighted by Gasteiger charge is 2.20. The average molecular weight is 491 g/mol. The molecule has 0 bridgehead atoms. The van der Waals surface area contributed by atoms with E-state index in [1.54, 1.807) is 11.3 Å². The van der Waals surface area contributed by atoms with Crippen LogP contribution < -0.4 is 10.2 Å². The fourth-order valence-corrected chi connectivity index (χ4v) is 4.25. The topological polar surface area (TPSA) is 43.8 Å². The smallest absolute Gasteiger partial charge is 0.194 e. The summed E-state index contributed by atoms with van der Waals surface area (Å²) < 4.78 is 0. The second-order valence-electron chi connectivity index (χ2n) is 5.77. The van der Waals surface area contributed by atoms with Gasteiger partial charge in [0.2, 0.25) is 0 Å². The van der Waals surface area contributed by atoms with Crippen molar-refractivity contribution in [2.24, 2.45) is 4.99 Å². The third-order valence-corrected chi connectivity index (χ3v) is 5.78. The summed E-state index contributed by atoms with van der Waals surface area (Å²) in [6.45, 7) is 10.00. The molecule has 1 N–H and O–H groups in total. The predicted molar refractivity (Wildman–Crippen MR) is 120 cm³/mol. The number of piperazine rings is 1. The van der Waals surface area contributed by atoms with Crippen molar-refractivity contribution in [2.75, 3.05) is 44.2 Å². The molecule has 0 saturated carbocycles. The monoisotopic (exact) mass is 491 g/mol. The van der Waals surface area contributed by atoms with E-state index in [0.717, 1.165) is 62.4 Å². The molecule has 1 aliphatic heterocycles. The first-order chi connectivity index (χ1) is 11.8. The van der Waals surface area contributed by atoms with E-state index in [2.05, 4.69) is 56.8 Å². The molecule has 1 aliphatic rings. The molecular formula is C17H26IN5S2. The average Bonchev–Trinajstić information content (AvgIpc) is 3.26. The van der Waals surface area contributed by atoms with Crippen molar-refractivity contribution in [1.29, 1.82) is 0 Å². The third kappa shape index (κ3) is 5.82. The number of aryl methyl sites for hydroxylation is 1. The Morgan fingerprint density at radius 3 is 2.68 bits per heavy atom. The van der Waals surface area contributed by atoms with Crippen LogP contribution in [0.5, 0.6) is 0 Å². The highest BCUT2D eigenvalue weighted by molar-refractivity contribution is 14.0. The number of hydrogen-bond donors (Lipinski definition) is 1. The van der Waals surface area contributed by atoms with Crippen LogP contribution >= 0.6 is 46.7 Å². The first kappa shape index (κ1) is 20.4. The van der Waals surface area contributed by atoms with Crippen LogP contribution in [0.3, 0.4) is 0 Å². The Bertz CT molecular complexity index is 648. The molecule has 3 rings (SSSR count). The van der Waals surface area contributed by atoms with Gasteiger partial charge in [-0.1, -0.05) is 0 Å². The van der Waals surface area contributed by atoms with Crippen LogP contribution in [0, 0.1) is 6.92 Å². The van der Waals surface area contributed by atoms with Crippen molar-refractivity contribution in [2.45, 2.75) is 20.3 Å². The summed E-state index contributed by atoms with van der Waals surface area (Å²) in [4.78, 5) is 14.2. The third-order valence-electron chi connectivity index (χ3n) is 4.03. The maximum Gasteiger partial charge on any atom is 0.194 e. The lowest BCUT2D eigenvalue weighted by atomic mass is 10.3. The molecule has 25 heavy (non-hydrogen) atoms. The van der Waals surface area contributed by atoms with Gasteiger partial charge in [0, 0.05) is 51.1 Å². The number of aromatic nitrogens is 1. The fraction of sp³-hybridized carbons (Fsp3) is 0.529. The van der Waals surface area contributed by atoms with Crippen LogP contribution in [0.4, 0.5) is 5.00 Å². The summed E-state index contributed by atoms with van der Waals surface area (Å²) in [6.07, 6.45) is 0.911. The number of anilines is 1. The summed E-state index contributed by atoms with van der Waals surface area (Å²) >= 11 is 3.53. The summed E-state index contributed by atoms with van der Waals surface area (Å²) in [7, 11) is 0. The van der Waals surface area contributed by atoms with Crippen molar-refractivity contribution in [3.8, 4) is 0 Å². The van der Waals surface area contributed by atoms with Gasteiger partial charge >= 0.3 is 0 Å². The second kappa shape index (κ2) is 10.3. The van der Waals surface area contributed by atoms with E-state index in [0.29, 0.717) is 0 Å². The molecule has 138 valence electrons. The molecule has 0 aliphatic carbocycles. The van der Waals surface area contributed by atoms with Crippen molar-refractivity contribution >= 4 is 57.6 Å². The standard InChI is InChI=1S/C17H25N5S2.HI/c1-3-18-17(19-7-6-15-13-24-14(2)20-15)22-10-8-21(9-11-22)16-5-4-12-23-16;/h4-5,12-13H,3,6-11H2,1-2H3,(H,18,19);1H. The van der Waals surface area contributed by atoms with Gasteiger partial charge in [0.05, 0.1) is 15.7 Å². The number of rotatable bonds is 5. The number of hydrogen-bond acceptors (Lipinski definition) is 5. The molecule has 1 fully saturated rings. The minimum absolute atomic E-state index is 0. The SMILES string of the molecule is CCNC(=NCCc1csc(C)n1)N1CCN(c2cccs2)CC1.I. The molecule has 8 heteroatoms. The summed E-state index contributed by atoms with van der Waals surface area (Å²) in [5.41, 5.74) is 1.15. The highest BCUT2D eigenvalue weighted by atomic mass is 127. The van der Waals surface area contributed by atoms with Gasteiger partial charge in [-0.15, -0.1) is 46.7 Å². The van der Waals surface area contributed by atoms with Crippen LogP contribution in [0.25, 0.3) is 0 Å². The zero-order valence-corrected chi connectivity index (χ0v) is 18.7. The maximum atomic E-state index is 4.81. The molecule has 0 amide bonds.